The van der Waals surface area contributed by atoms with E-state index in [1.165, 1.54) is 0 Å². The minimum absolute atomic E-state index is 0.0226. The van der Waals surface area contributed by atoms with E-state index in [0.29, 0.717) is 6.54 Å². The summed E-state index contributed by atoms with van der Waals surface area (Å²) in [6, 6.07) is 23.4. The van der Waals surface area contributed by atoms with Gasteiger partial charge in [-0.3, -0.25) is 4.79 Å². The zero-order chi connectivity index (χ0) is 21.1. The molecule has 0 aromatic heterocycles. The molecule has 1 heterocycles. The third kappa shape index (κ3) is 3.89. The van der Waals surface area contributed by atoms with Gasteiger partial charge in [0.15, 0.2) is 0 Å². The van der Waals surface area contributed by atoms with E-state index in [0.717, 1.165) is 33.9 Å². The van der Waals surface area contributed by atoms with Crippen molar-refractivity contribution in [2.75, 3.05) is 27.7 Å². The van der Waals surface area contributed by atoms with E-state index in [9.17, 15) is 4.79 Å². The van der Waals surface area contributed by atoms with E-state index in [4.69, 9.17) is 9.47 Å². The number of carbonyl (C=O) groups is 1. The van der Waals surface area contributed by atoms with E-state index >= 15 is 0 Å². The van der Waals surface area contributed by atoms with E-state index in [-0.39, 0.29) is 11.9 Å². The van der Waals surface area contributed by atoms with E-state index < -0.39 is 5.92 Å². The van der Waals surface area contributed by atoms with Gasteiger partial charge in [0, 0.05) is 17.7 Å². The van der Waals surface area contributed by atoms with E-state index in [1.54, 1.807) is 7.11 Å². The Bertz CT molecular complexity index is 1000. The molecule has 0 saturated carbocycles. The molecule has 1 atom stereocenters. The van der Waals surface area contributed by atoms with Crippen LogP contribution in [0.1, 0.15) is 28.7 Å². The van der Waals surface area contributed by atoms with Crippen LogP contribution in [0.15, 0.2) is 72.8 Å². The molecule has 0 bridgehead atoms. The number of carbonyl (C=O) groups excluding carboxylic acids is 1. The molecular weight excluding hydrogens is 376 g/mol. The van der Waals surface area contributed by atoms with Crippen LogP contribution >= 0.6 is 0 Å². The van der Waals surface area contributed by atoms with Crippen LogP contribution in [0.2, 0.25) is 0 Å². The number of nitrogens with one attached hydrogen (secondary N) is 1. The second-order valence-corrected chi connectivity index (χ2v) is 7.61. The van der Waals surface area contributed by atoms with Crippen LogP contribution < -0.4 is 14.8 Å². The van der Waals surface area contributed by atoms with Crippen molar-refractivity contribution in [3.05, 3.63) is 89.5 Å². The second-order valence-electron chi connectivity index (χ2n) is 7.61. The van der Waals surface area contributed by atoms with Gasteiger partial charge in [0.05, 0.1) is 19.1 Å². The topological polar surface area (TPSA) is 50.8 Å². The molecule has 0 unspecified atom stereocenters. The first-order valence-corrected chi connectivity index (χ1v) is 10.0. The standard InChI is InChI=1S/C25H26N2O3/c1-27(2)21(17-9-8-10-18(15-17)29-3)16-26-25(28)24-19-11-4-6-13-22(19)30-23-14-7-5-12-20(23)24/h4-15,21,24H,16H2,1-3H3,(H,26,28)/t21-/m1/s1. The fourth-order valence-electron chi connectivity index (χ4n) is 3.94. The van der Waals surface area contributed by atoms with Gasteiger partial charge in [0.2, 0.25) is 5.91 Å². The van der Waals surface area contributed by atoms with Gasteiger partial charge in [-0.25, -0.2) is 0 Å². The van der Waals surface area contributed by atoms with Crippen molar-refractivity contribution in [3.8, 4) is 17.2 Å². The first-order valence-electron chi connectivity index (χ1n) is 10.0. The van der Waals surface area contributed by atoms with Crippen LogP contribution in [-0.2, 0) is 4.79 Å². The molecule has 1 aliphatic rings. The first-order chi connectivity index (χ1) is 14.6. The zero-order valence-corrected chi connectivity index (χ0v) is 17.5. The normalized spacial score (nSPS) is 13.7. The summed E-state index contributed by atoms with van der Waals surface area (Å²) in [5.74, 6) is 1.83. The van der Waals surface area contributed by atoms with Gasteiger partial charge in [-0.15, -0.1) is 0 Å². The number of fused-ring (bicyclic) bond motifs is 2. The van der Waals surface area contributed by atoms with Crippen molar-refractivity contribution in [2.45, 2.75) is 12.0 Å². The van der Waals surface area contributed by atoms with Crippen LogP contribution in [0, 0.1) is 0 Å². The number of nitrogens with zero attached hydrogens (tertiary/aromatic N) is 1. The van der Waals surface area contributed by atoms with Crippen LogP contribution in [-0.4, -0.2) is 38.6 Å². The summed E-state index contributed by atoms with van der Waals surface area (Å²) in [7, 11) is 5.68. The monoisotopic (exact) mass is 402 g/mol. The molecule has 0 spiro atoms. The van der Waals surface area contributed by atoms with Crippen molar-refractivity contribution >= 4 is 5.91 Å². The highest BCUT2D eigenvalue weighted by molar-refractivity contribution is 5.89. The average molecular weight is 402 g/mol. The Labute approximate surface area is 177 Å². The van der Waals surface area contributed by atoms with Crippen molar-refractivity contribution in [1.29, 1.82) is 0 Å². The third-order valence-electron chi connectivity index (χ3n) is 5.51. The molecule has 3 aromatic carbocycles. The Balaban J connectivity index is 1.59. The van der Waals surface area contributed by atoms with Crippen LogP contribution in [0.3, 0.4) is 0 Å². The quantitative estimate of drug-likeness (QED) is 0.666. The Morgan fingerprint density at radius 1 is 1.00 bits per heavy atom. The number of amides is 1. The van der Waals surface area contributed by atoms with Crippen LogP contribution in [0.4, 0.5) is 0 Å². The molecule has 3 aromatic rings. The molecule has 5 nitrogen and oxygen atoms in total. The minimum atomic E-state index is -0.403. The molecule has 30 heavy (non-hydrogen) atoms. The molecular formula is C25H26N2O3. The summed E-state index contributed by atoms with van der Waals surface area (Å²) >= 11 is 0. The number of hydrogen-bond acceptors (Lipinski definition) is 4. The minimum Gasteiger partial charge on any atom is -0.497 e. The second kappa shape index (κ2) is 8.59. The maximum atomic E-state index is 13.4. The van der Waals surface area contributed by atoms with Gasteiger partial charge in [0.25, 0.3) is 0 Å². The highest BCUT2D eigenvalue weighted by atomic mass is 16.5. The SMILES string of the molecule is COc1cccc([C@@H](CNC(=O)C2c3ccccc3Oc3ccccc32)N(C)C)c1. The number of benzene rings is 3. The van der Waals surface area contributed by atoms with Crippen molar-refractivity contribution in [3.63, 3.8) is 0 Å². The summed E-state index contributed by atoms with van der Waals surface area (Å²) in [4.78, 5) is 15.5. The lowest BCUT2D eigenvalue weighted by Crippen LogP contribution is -2.38. The number of methoxy groups -OCH3 is 1. The molecule has 0 aliphatic carbocycles. The lowest BCUT2D eigenvalue weighted by molar-refractivity contribution is -0.122. The van der Waals surface area contributed by atoms with Crippen molar-refractivity contribution < 1.29 is 14.3 Å². The van der Waals surface area contributed by atoms with Crippen LogP contribution in [0.5, 0.6) is 17.2 Å². The number of ether oxygens (including phenoxy) is 2. The predicted octanol–water partition coefficient (Wildman–Crippen LogP) is 4.35. The molecule has 1 aliphatic heterocycles. The number of likely N-dealkylation sites (N-methyl/N-ethyl adjacent to an activating group) is 1. The van der Waals surface area contributed by atoms with Crippen LogP contribution in [0.25, 0.3) is 0 Å². The average Bonchev–Trinajstić information content (AvgIpc) is 2.77. The largest absolute Gasteiger partial charge is 0.497 e. The maximum Gasteiger partial charge on any atom is 0.232 e. The zero-order valence-electron chi connectivity index (χ0n) is 17.5. The Morgan fingerprint density at radius 2 is 1.63 bits per heavy atom. The van der Waals surface area contributed by atoms with Gasteiger partial charge < -0.3 is 19.7 Å². The number of hydrogen-bond donors (Lipinski definition) is 1. The number of rotatable bonds is 6. The van der Waals surface area contributed by atoms with Crippen molar-refractivity contribution in [2.24, 2.45) is 0 Å². The Morgan fingerprint density at radius 3 is 2.23 bits per heavy atom. The maximum absolute atomic E-state index is 13.4. The lowest BCUT2D eigenvalue weighted by atomic mass is 9.87. The molecule has 0 radical (unpaired) electrons. The highest BCUT2D eigenvalue weighted by Gasteiger charge is 2.32. The van der Waals surface area contributed by atoms with Gasteiger partial charge in [0.1, 0.15) is 17.2 Å². The van der Waals surface area contributed by atoms with Gasteiger partial charge >= 0.3 is 0 Å². The summed E-state index contributed by atoms with van der Waals surface area (Å²) in [6.45, 7) is 0.487. The van der Waals surface area contributed by atoms with Crippen molar-refractivity contribution in [1.82, 2.24) is 10.2 Å². The van der Waals surface area contributed by atoms with E-state index in [2.05, 4.69) is 16.3 Å². The fourth-order valence-corrected chi connectivity index (χ4v) is 3.94. The Kier molecular flexibility index (Phi) is 5.72. The smallest absolute Gasteiger partial charge is 0.232 e. The molecule has 154 valence electrons. The fraction of sp³-hybridized carbons (Fsp3) is 0.240. The summed E-state index contributed by atoms with van der Waals surface area (Å²) < 4.78 is 11.4. The van der Waals surface area contributed by atoms with Gasteiger partial charge in [-0.1, -0.05) is 48.5 Å². The lowest BCUT2D eigenvalue weighted by Gasteiger charge is -2.29. The molecule has 4 rings (SSSR count). The highest BCUT2D eigenvalue weighted by Crippen LogP contribution is 2.43. The molecule has 0 fully saturated rings. The predicted molar refractivity (Wildman–Crippen MR) is 117 cm³/mol. The summed E-state index contributed by atoms with van der Waals surface area (Å²) in [5.41, 5.74) is 2.86. The molecule has 0 saturated heterocycles. The molecule has 1 amide bonds. The van der Waals surface area contributed by atoms with Gasteiger partial charge in [-0.05, 0) is 43.9 Å². The van der Waals surface area contributed by atoms with Gasteiger partial charge in [-0.2, -0.15) is 0 Å². The number of para-hydroxylation sites is 2. The Hall–Kier alpha value is -3.31. The molecule has 5 heteroatoms. The molecule has 1 N–H and O–H groups in total. The third-order valence-corrected chi connectivity index (χ3v) is 5.51. The summed E-state index contributed by atoms with van der Waals surface area (Å²) in [5, 5.41) is 3.17. The first kappa shape index (κ1) is 20.0. The summed E-state index contributed by atoms with van der Waals surface area (Å²) in [6.07, 6.45) is 0. The van der Waals surface area contributed by atoms with E-state index in [1.807, 2.05) is 80.8 Å².